The van der Waals surface area contributed by atoms with Crippen LogP contribution >= 0.6 is 11.3 Å². The zero-order valence-electron chi connectivity index (χ0n) is 10.7. The van der Waals surface area contributed by atoms with Crippen molar-refractivity contribution in [1.29, 1.82) is 0 Å². The van der Waals surface area contributed by atoms with E-state index in [-0.39, 0.29) is 6.54 Å². The van der Waals surface area contributed by atoms with E-state index in [0.717, 1.165) is 29.7 Å². The van der Waals surface area contributed by atoms with Gasteiger partial charge in [-0.3, -0.25) is 10.1 Å². The summed E-state index contributed by atoms with van der Waals surface area (Å²) >= 11 is 1.40. The average molecular weight is 283 g/mol. The molecule has 1 aromatic heterocycles. The van der Waals surface area contributed by atoms with Gasteiger partial charge < -0.3 is 16.2 Å². The molecule has 0 aliphatic heterocycles. The van der Waals surface area contributed by atoms with Gasteiger partial charge >= 0.3 is 6.03 Å². The largest absolute Gasteiger partial charge is 0.392 e. The van der Waals surface area contributed by atoms with Crippen LogP contribution in [0.25, 0.3) is 0 Å². The summed E-state index contributed by atoms with van der Waals surface area (Å²) in [7, 11) is 0. The van der Waals surface area contributed by atoms with E-state index in [0.29, 0.717) is 10.6 Å². The Labute approximate surface area is 115 Å². The summed E-state index contributed by atoms with van der Waals surface area (Å²) in [4.78, 5) is 24.3. The van der Waals surface area contributed by atoms with Crippen molar-refractivity contribution in [2.75, 3.05) is 11.9 Å². The summed E-state index contributed by atoms with van der Waals surface area (Å²) in [6, 6.07) is -0.441. The topological polar surface area (TPSA) is 104 Å². The van der Waals surface area contributed by atoms with Crippen molar-refractivity contribution in [2.45, 2.75) is 32.3 Å². The standard InChI is InChI=1S/C12H17N3O3S/c1-6(16)5-14-12(18)15-11-9(10(13)17)7-3-2-4-8(7)19-11/h6,16H,2-5H2,1H3,(H2,13,17)(H2,14,15,18). The van der Waals surface area contributed by atoms with Crippen LogP contribution in [0.3, 0.4) is 0 Å². The van der Waals surface area contributed by atoms with Crippen molar-refractivity contribution in [3.05, 3.63) is 16.0 Å². The molecule has 1 atom stereocenters. The average Bonchev–Trinajstić information content (AvgIpc) is 2.85. The molecule has 0 saturated carbocycles. The van der Waals surface area contributed by atoms with Crippen LogP contribution in [0.15, 0.2) is 0 Å². The molecule has 6 nitrogen and oxygen atoms in total. The number of nitrogens with one attached hydrogen (secondary N) is 2. The monoisotopic (exact) mass is 283 g/mol. The highest BCUT2D eigenvalue weighted by Crippen LogP contribution is 2.38. The first-order chi connectivity index (χ1) is 8.99. The Balaban J connectivity index is 2.12. The smallest absolute Gasteiger partial charge is 0.319 e. The normalized spacial score (nSPS) is 14.8. The molecule has 1 aliphatic carbocycles. The predicted octanol–water partition coefficient (Wildman–Crippen LogP) is 0.838. The van der Waals surface area contributed by atoms with E-state index in [1.807, 2.05) is 0 Å². The van der Waals surface area contributed by atoms with Gasteiger partial charge in [0.15, 0.2) is 0 Å². The highest BCUT2D eigenvalue weighted by atomic mass is 32.1. The lowest BCUT2D eigenvalue weighted by Crippen LogP contribution is -2.34. The second-order valence-electron chi connectivity index (χ2n) is 4.61. The number of hydrogen-bond acceptors (Lipinski definition) is 4. The van der Waals surface area contributed by atoms with Crippen LogP contribution in [0.2, 0.25) is 0 Å². The lowest BCUT2D eigenvalue weighted by molar-refractivity contribution is 0.100. The van der Waals surface area contributed by atoms with Crippen LogP contribution in [0.5, 0.6) is 0 Å². The van der Waals surface area contributed by atoms with Gasteiger partial charge in [-0.05, 0) is 31.7 Å². The van der Waals surface area contributed by atoms with E-state index < -0.39 is 18.0 Å². The molecule has 0 radical (unpaired) electrons. The van der Waals surface area contributed by atoms with Gasteiger partial charge in [0.25, 0.3) is 5.91 Å². The lowest BCUT2D eigenvalue weighted by atomic mass is 10.1. The van der Waals surface area contributed by atoms with Gasteiger partial charge in [-0.15, -0.1) is 11.3 Å². The Morgan fingerprint density at radius 2 is 2.21 bits per heavy atom. The van der Waals surface area contributed by atoms with Crippen LogP contribution in [0.4, 0.5) is 9.80 Å². The lowest BCUT2D eigenvalue weighted by Gasteiger charge is -2.09. The Hall–Kier alpha value is -1.60. The molecule has 5 N–H and O–H groups in total. The summed E-state index contributed by atoms with van der Waals surface area (Å²) in [5.41, 5.74) is 6.80. The molecule has 19 heavy (non-hydrogen) atoms. The van der Waals surface area contributed by atoms with Crippen molar-refractivity contribution in [3.63, 3.8) is 0 Å². The van der Waals surface area contributed by atoms with E-state index in [1.54, 1.807) is 6.92 Å². The number of carbonyl (C=O) groups is 2. The molecule has 0 bridgehead atoms. The van der Waals surface area contributed by atoms with Crippen LogP contribution in [-0.4, -0.2) is 29.7 Å². The van der Waals surface area contributed by atoms with Crippen LogP contribution in [0, 0.1) is 0 Å². The molecule has 104 valence electrons. The molecule has 7 heteroatoms. The maximum atomic E-state index is 11.6. The summed E-state index contributed by atoms with van der Waals surface area (Å²) in [6.45, 7) is 1.73. The zero-order valence-corrected chi connectivity index (χ0v) is 11.5. The minimum absolute atomic E-state index is 0.156. The number of amides is 3. The number of carbonyl (C=O) groups excluding carboxylic acids is 2. The molecule has 0 spiro atoms. The zero-order chi connectivity index (χ0) is 14.0. The number of anilines is 1. The highest BCUT2D eigenvalue weighted by molar-refractivity contribution is 7.17. The summed E-state index contributed by atoms with van der Waals surface area (Å²) in [5.74, 6) is -0.509. The molecule has 1 aromatic rings. The van der Waals surface area contributed by atoms with E-state index in [1.165, 1.54) is 11.3 Å². The molecule has 1 unspecified atom stereocenters. The quantitative estimate of drug-likeness (QED) is 0.658. The van der Waals surface area contributed by atoms with Crippen LogP contribution in [0.1, 0.15) is 34.1 Å². The molecule has 3 amide bonds. The van der Waals surface area contributed by atoms with Gasteiger partial charge in [-0.2, -0.15) is 0 Å². The molecule has 1 aliphatic rings. The van der Waals surface area contributed by atoms with E-state index in [4.69, 9.17) is 10.8 Å². The third-order valence-corrected chi connectivity index (χ3v) is 4.16. The molecule has 1 heterocycles. The number of fused-ring (bicyclic) bond motifs is 1. The summed E-state index contributed by atoms with van der Waals surface area (Å²) in [6.07, 6.45) is 2.17. The number of hydrogen-bond donors (Lipinski definition) is 4. The number of thiophene rings is 1. The number of nitrogens with two attached hydrogens (primary N) is 1. The minimum Gasteiger partial charge on any atom is -0.392 e. The molecular formula is C12H17N3O3S. The Morgan fingerprint density at radius 3 is 2.84 bits per heavy atom. The van der Waals surface area contributed by atoms with E-state index in [9.17, 15) is 9.59 Å². The number of aliphatic hydroxyl groups excluding tert-OH is 1. The minimum atomic E-state index is -0.616. The maximum Gasteiger partial charge on any atom is 0.319 e. The molecular weight excluding hydrogens is 266 g/mol. The van der Waals surface area contributed by atoms with Gasteiger partial charge in [0.1, 0.15) is 5.00 Å². The fourth-order valence-electron chi connectivity index (χ4n) is 2.14. The first kappa shape index (κ1) is 13.8. The Bertz CT molecular complexity index is 511. The van der Waals surface area contributed by atoms with E-state index >= 15 is 0 Å². The molecule has 0 fully saturated rings. The number of rotatable bonds is 4. The first-order valence-electron chi connectivity index (χ1n) is 6.16. The highest BCUT2D eigenvalue weighted by Gasteiger charge is 2.26. The van der Waals surface area contributed by atoms with Crippen molar-refractivity contribution in [3.8, 4) is 0 Å². The van der Waals surface area contributed by atoms with Gasteiger partial charge in [-0.1, -0.05) is 0 Å². The van der Waals surface area contributed by atoms with E-state index in [2.05, 4.69) is 10.6 Å². The van der Waals surface area contributed by atoms with Crippen LogP contribution < -0.4 is 16.4 Å². The van der Waals surface area contributed by atoms with Crippen molar-refractivity contribution >= 4 is 28.3 Å². The Kier molecular flexibility index (Phi) is 4.06. The van der Waals surface area contributed by atoms with Crippen molar-refractivity contribution < 1.29 is 14.7 Å². The van der Waals surface area contributed by atoms with Gasteiger partial charge in [0.2, 0.25) is 0 Å². The predicted molar refractivity (Wildman–Crippen MR) is 73.6 cm³/mol. The van der Waals surface area contributed by atoms with Crippen molar-refractivity contribution in [2.24, 2.45) is 5.73 Å². The van der Waals surface area contributed by atoms with Gasteiger partial charge in [0.05, 0.1) is 11.7 Å². The maximum absolute atomic E-state index is 11.6. The number of urea groups is 1. The summed E-state index contributed by atoms with van der Waals surface area (Å²) < 4.78 is 0. The molecule has 0 aromatic carbocycles. The SMILES string of the molecule is CC(O)CNC(=O)Nc1sc2c(c1C(N)=O)CCC2. The number of aliphatic hydroxyl groups is 1. The summed E-state index contributed by atoms with van der Waals surface area (Å²) in [5, 5.41) is 14.7. The fraction of sp³-hybridized carbons (Fsp3) is 0.500. The third-order valence-electron chi connectivity index (χ3n) is 2.95. The van der Waals surface area contributed by atoms with Gasteiger partial charge in [-0.25, -0.2) is 4.79 Å². The van der Waals surface area contributed by atoms with Crippen LogP contribution in [-0.2, 0) is 12.8 Å². The molecule has 2 rings (SSSR count). The fourth-order valence-corrected chi connectivity index (χ4v) is 3.43. The molecule has 0 saturated heterocycles. The second kappa shape index (κ2) is 5.58. The Morgan fingerprint density at radius 1 is 1.47 bits per heavy atom. The number of aryl methyl sites for hydroxylation is 1. The van der Waals surface area contributed by atoms with Crippen molar-refractivity contribution in [1.82, 2.24) is 5.32 Å². The second-order valence-corrected chi connectivity index (χ2v) is 5.71. The van der Waals surface area contributed by atoms with Gasteiger partial charge in [0, 0.05) is 11.4 Å². The third kappa shape index (κ3) is 3.05. The number of primary amides is 1. The first-order valence-corrected chi connectivity index (χ1v) is 6.98.